The minimum Gasteiger partial charge on any atom is -0.305 e. The molecule has 21 heavy (non-hydrogen) atoms. The van der Waals surface area contributed by atoms with Crippen LogP contribution in [0.3, 0.4) is 0 Å². The van der Waals surface area contributed by atoms with Gasteiger partial charge in [-0.25, -0.2) is 8.42 Å². The van der Waals surface area contributed by atoms with Crippen LogP contribution in [0.4, 0.5) is 5.69 Å². The molecule has 5 nitrogen and oxygen atoms in total. The molecular weight excluding hydrogens is 354 g/mol. The van der Waals surface area contributed by atoms with Gasteiger partial charge in [0.1, 0.15) is 4.90 Å². The zero-order chi connectivity index (χ0) is 15.5. The highest BCUT2D eigenvalue weighted by Gasteiger charge is 2.15. The van der Waals surface area contributed by atoms with Crippen LogP contribution in [-0.4, -0.2) is 32.4 Å². The maximum Gasteiger partial charge on any atom is 0.263 e. The van der Waals surface area contributed by atoms with E-state index in [9.17, 15) is 8.42 Å². The van der Waals surface area contributed by atoms with Crippen LogP contribution in [-0.2, 0) is 16.6 Å². The van der Waals surface area contributed by atoms with Crippen LogP contribution in [0.25, 0.3) is 0 Å². The number of hydrogen-bond acceptors (Lipinski definition) is 4. The van der Waals surface area contributed by atoms with Crippen molar-refractivity contribution >= 4 is 31.6 Å². The Bertz CT molecular complexity index is 733. The van der Waals surface area contributed by atoms with Gasteiger partial charge >= 0.3 is 0 Å². The van der Waals surface area contributed by atoms with Gasteiger partial charge in [-0.05, 0) is 53.8 Å². The molecule has 2 rings (SSSR count). The van der Waals surface area contributed by atoms with E-state index >= 15 is 0 Å². The summed E-state index contributed by atoms with van der Waals surface area (Å²) in [4.78, 5) is 6.02. The maximum absolute atomic E-state index is 12.3. The van der Waals surface area contributed by atoms with Crippen LogP contribution in [0, 0.1) is 0 Å². The highest BCUT2D eigenvalue weighted by molar-refractivity contribution is 9.10. The molecule has 0 unspecified atom stereocenters. The zero-order valence-corrected chi connectivity index (χ0v) is 14.1. The Kier molecular flexibility index (Phi) is 4.97. The fourth-order valence-corrected chi connectivity index (χ4v) is 3.40. The molecule has 0 spiro atoms. The van der Waals surface area contributed by atoms with Crippen molar-refractivity contribution in [3.8, 4) is 0 Å². The SMILES string of the molecule is CN(C)Cc1cccc(NS(=O)(=O)c2cncc(Br)c2)c1. The molecule has 0 aliphatic heterocycles. The number of hydrogen-bond donors (Lipinski definition) is 1. The lowest BCUT2D eigenvalue weighted by Crippen LogP contribution is -2.14. The lowest BCUT2D eigenvalue weighted by molar-refractivity contribution is 0.402. The van der Waals surface area contributed by atoms with Gasteiger partial charge in [0.25, 0.3) is 10.0 Å². The number of benzene rings is 1. The van der Waals surface area contributed by atoms with Gasteiger partial charge in [-0.1, -0.05) is 12.1 Å². The fourth-order valence-electron chi connectivity index (χ4n) is 1.85. The molecule has 112 valence electrons. The van der Waals surface area contributed by atoms with E-state index in [0.717, 1.165) is 12.1 Å². The summed E-state index contributed by atoms with van der Waals surface area (Å²) < 4.78 is 27.8. The number of rotatable bonds is 5. The molecule has 0 radical (unpaired) electrons. The van der Waals surface area contributed by atoms with Crippen LogP contribution < -0.4 is 4.72 Å². The Labute approximate surface area is 133 Å². The number of halogens is 1. The molecule has 1 aromatic heterocycles. The maximum atomic E-state index is 12.3. The van der Waals surface area contributed by atoms with Crippen LogP contribution in [0.15, 0.2) is 52.1 Å². The summed E-state index contributed by atoms with van der Waals surface area (Å²) in [5.41, 5.74) is 1.57. The average molecular weight is 370 g/mol. The first-order valence-electron chi connectivity index (χ1n) is 6.24. The molecule has 0 bridgehead atoms. The first kappa shape index (κ1) is 15.9. The van der Waals surface area contributed by atoms with Gasteiger partial charge in [0.15, 0.2) is 0 Å². The van der Waals surface area contributed by atoms with Crippen molar-refractivity contribution in [2.45, 2.75) is 11.4 Å². The number of nitrogens with one attached hydrogen (secondary N) is 1. The number of anilines is 1. The monoisotopic (exact) mass is 369 g/mol. The number of aromatic nitrogens is 1. The third-order valence-corrected chi connectivity index (χ3v) is 4.45. The average Bonchev–Trinajstić information content (AvgIpc) is 2.37. The van der Waals surface area contributed by atoms with Crippen molar-refractivity contribution in [2.24, 2.45) is 0 Å². The lowest BCUT2D eigenvalue weighted by atomic mass is 10.2. The summed E-state index contributed by atoms with van der Waals surface area (Å²) in [7, 11) is 0.287. The smallest absolute Gasteiger partial charge is 0.263 e. The van der Waals surface area contributed by atoms with Crippen LogP contribution in [0.1, 0.15) is 5.56 Å². The van der Waals surface area contributed by atoms with E-state index < -0.39 is 10.0 Å². The van der Waals surface area contributed by atoms with E-state index in [4.69, 9.17) is 0 Å². The molecule has 0 atom stereocenters. The normalized spacial score (nSPS) is 11.6. The van der Waals surface area contributed by atoms with Crippen molar-refractivity contribution in [3.63, 3.8) is 0 Å². The summed E-state index contributed by atoms with van der Waals surface area (Å²) in [5.74, 6) is 0. The molecule has 0 amide bonds. The van der Waals surface area contributed by atoms with E-state index in [1.165, 1.54) is 18.5 Å². The highest BCUT2D eigenvalue weighted by Crippen LogP contribution is 2.19. The third-order valence-electron chi connectivity index (χ3n) is 2.67. The van der Waals surface area contributed by atoms with Gasteiger partial charge in [-0.2, -0.15) is 0 Å². The largest absolute Gasteiger partial charge is 0.305 e. The predicted molar refractivity (Wildman–Crippen MR) is 86.6 cm³/mol. The minimum atomic E-state index is -3.64. The number of sulfonamides is 1. The van der Waals surface area contributed by atoms with Crippen LogP contribution in [0.5, 0.6) is 0 Å². The van der Waals surface area contributed by atoms with E-state index in [2.05, 4.69) is 25.6 Å². The molecular formula is C14H16BrN3O2S. The third kappa shape index (κ3) is 4.52. The van der Waals surface area contributed by atoms with Crippen LogP contribution >= 0.6 is 15.9 Å². The van der Waals surface area contributed by atoms with E-state index in [-0.39, 0.29) is 4.90 Å². The standard InChI is InChI=1S/C14H16BrN3O2S/c1-18(2)10-11-4-3-5-13(6-11)17-21(19,20)14-7-12(15)8-16-9-14/h3-9,17H,10H2,1-2H3. The van der Waals surface area contributed by atoms with E-state index in [1.54, 1.807) is 6.07 Å². The van der Waals surface area contributed by atoms with Gasteiger partial charge < -0.3 is 4.90 Å². The fraction of sp³-hybridized carbons (Fsp3) is 0.214. The number of nitrogens with zero attached hydrogens (tertiary/aromatic N) is 2. The van der Waals surface area contributed by atoms with Gasteiger partial charge in [0, 0.05) is 29.1 Å². The number of pyridine rings is 1. The second kappa shape index (κ2) is 6.55. The Morgan fingerprint density at radius 2 is 2.00 bits per heavy atom. The Morgan fingerprint density at radius 3 is 2.67 bits per heavy atom. The molecule has 0 fully saturated rings. The van der Waals surface area contributed by atoms with Gasteiger partial charge in [0.05, 0.1) is 0 Å². The minimum absolute atomic E-state index is 0.120. The summed E-state index contributed by atoms with van der Waals surface area (Å²) in [6.45, 7) is 0.744. The summed E-state index contributed by atoms with van der Waals surface area (Å²) in [6.07, 6.45) is 2.85. The predicted octanol–water partition coefficient (Wildman–Crippen LogP) is 2.71. The van der Waals surface area contributed by atoms with Crippen molar-refractivity contribution in [3.05, 3.63) is 52.8 Å². The molecule has 0 aliphatic rings. The Morgan fingerprint density at radius 1 is 1.24 bits per heavy atom. The van der Waals surface area contributed by atoms with Crippen molar-refractivity contribution < 1.29 is 8.42 Å². The van der Waals surface area contributed by atoms with Gasteiger partial charge in [-0.15, -0.1) is 0 Å². The van der Waals surface area contributed by atoms with E-state index in [0.29, 0.717) is 10.2 Å². The molecule has 0 saturated carbocycles. The molecule has 7 heteroatoms. The van der Waals surface area contributed by atoms with Crippen molar-refractivity contribution in [1.29, 1.82) is 0 Å². The van der Waals surface area contributed by atoms with Gasteiger partial charge in [0.2, 0.25) is 0 Å². The quantitative estimate of drug-likeness (QED) is 0.879. The summed E-state index contributed by atoms with van der Waals surface area (Å²) >= 11 is 3.22. The summed E-state index contributed by atoms with van der Waals surface area (Å²) in [5, 5.41) is 0. The molecule has 1 N–H and O–H groups in total. The second-order valence-corrected chi connectivity index (χ2v) is 7.48. The zero-order valence-electron chi connectivity index (χ0n) is 11.7. The van der Waals surface area contributed by atoms with E-state index in [1.807, 2.05) is 37.2 Å². The first-order valence-corrected chi connectivity index (χ1v) is 8.51. The molecule has 2 aromatic rings. The van der Waals surface area contributed by atoms with Crippen molar-refractivity contribution in [1.82, 2.24) is 9.88 Å². The topological polar surface area (TPSA) is 62.3 Å². The van der Waals surface area contributed by atoms with Crippen molar-refractivity contribution in [2.75, 3.05) is 18.8 Å². The lowest BCUT2D eigenvalue weighted by Gasteiger charge is -2.12. The Hall–Kier alpha value is -1.44. The van der Waals surface area contributed by atoms with Gasteiger partial charge in [-0.3, -0.25) is 9.71 Å². The molecule has 0 saturated heterocycles. The Balaban J connectivity index is 2.24. The first-order chi connectivity index (χ1) is 9.87. The molecule has 0 aliphatic carbocycles. The van der Waals surface area contributed by atoms with Crippen LogP contribution in [0.2, 0.25) is 0 Å². The summed E-state index contributed by atoms with van der Waals surface area (Å²) in [6, 6.07) is 8.85. The molecule has 1 aromatic carbocycles. The molecule has 1 heterocycles. The second-order valence-electron chi connectivity index (χ2n) is 4.88. The highest BCUT2D eigenvalue weighted by atomic mass is 79.9.